The van der Waals surface area contributed by atoms with Crippen molar-refractivity contribution in [2.24, 2.45) is 5.92 Å². The summed E-state index contributed by atoms with van der Waals surface area (Å²) in [6, 6.07) is 12.9. The molecule has 24 heavy (non-hydrogen) atoms. The Morgan fingerprint density at radius 2 is 1.58 bits per heavy atom. The molecule has 1 N–H and O–H groups in total. The van der Waals surface area contributed by atoms with E-state index < -0.39 is 28.7 Å². The summed E-state index contributed by atoms with van der Waals surface area (Å²) in [6.45, 7) is 0. The highest BCUT2D eigenvalue weighted by Gasteiger charge is 2.45. The van der Waals surface area contributed by atoms with Gasteiger partial charge in [-0.2, -0.15) is 5.26 Å². The average molecular weight is 342 g/mol. The first-order valence-corrected chi connectivity index (χ1v) is 8.09. The van der Waals surface area contributed by atoms with E-state index in [9.17, 15) is 18.8 Å². The Morgan fingerprint density at radius 1 is 1.04 bits per heavy atom. The van der Waals surface area contributed by atoms with Crippen LogP contribution < -0.4 is 0 Å². The monoisotopic (exact) mass is 342 g/mol. The van der Waals surface area contributed by atoms with Crippen molar-refractivity contribution in [2.45, 2.75) is 11.2 Å². The Bertz CT molecular complexity index is 828. The van der Waals surface area contributed by atoms with Crippen LogP contribution in [0.5, 0.6) is 0 Å². The van der Waals surface area contributed by atoms with Gasteiger partial charge in [-0.15, -0.1) is 0 Å². The third-order valence-electron chi connectivity index (χ3n) is 4.00. The Morgan fingerprint density at radius 3 is 2.12 bits per heavy atom. The Balaban J connectivity index is 2.00. The van der Waals surface area contributed by atoms with Crippen molar-refractivity contribution in [3.63, 3.8) is 0 Å². The third-order valence-corrected chi connectivity index (χ3v) is 5.27. The van der Waals surface area contributed by atoms with Crippen molar-refractivity contribution in [3.8, 4) is 6.07 Å². The minimum atomic E-state index is -0.755. The molecule has 0 aromatic heterocycles. The van der Waals surface area contributed by atoms with E-state index in [1.165, 1.54) is 48.5 Å². The van der Waals surface area contributed by atoms with Crippen molar-refractivity contribution in [3.05, 3.63) is 71.3 Å². The van der Waals surface area contributed by atoms with E-state index in [0.717, 1.165) is 11.8 Å². The van der Waals surface area contributed by atoms with Gasteiger partial charge in [0, 0.05) is 11.5 Å². The molecule has 3 atom stereocenters. The zero-order valence-corrected chi connectivity index (χ0v) is 13.2. The van der Waals surface area contributed by atoms with Crippen molar-refractivity contribution in [1.29, 1.82) is 10.7 Å². The van der Waals surface area contributed by atoms with E-state index in [-0.39, 0.29) is 10.8 Å². The molecular weight excluding hydrogens is 330 g/mol. The van der Waals surface area contributed by atoms with Crippen LogP contribution in [-0.2, 0) is 0 Å². The van der Waals surface area contributed by atoms with Crippen molar-refractivity contribution < 1.29 is 13.6 Å². The minimum Gasteiger partial charge on any atom is -0.297 e. The largest absolute Gasteiger partial charge is 0.297 e. The van der Waals surface area contributed by atoms with E-state index in [1.807, 2.05) is 0 Å². The second-order valence-corrected chi connectivity index (χ2v) is 6.64. The standard InChI is InChI=1S/C18H12F2N2OS/c19-12-5-1-10(2-6-12)15-14(9-21)18(22)24-17(15)16(23)11-3-7-13(20)8-4-11/h1-8,14-15,17,22H/t14?,15-,17-/m1/s1. The summed E-state index contributed by atoms with van der Waals surface area (Å²) in [6.07, 6.45) is 0. The number of thioether (sulfide) groups is 1. The number of ketones is 1. The summed E-state index contributed by atoms with van der Waals surface area (Å²) < 4.78 is 26.2. The highest BCUT2D eigenvalue weighted by molar-refractivity contribution is 8.15. The number of Topliss-reactive ketones (excluding diaryl/α,β-unsaturated/α-hetero) is 1. The third kappa shape index (κ3) is 2.95. The highest BCUT2D eigenvalue weighted by Crippen LogP contribution is 2.46. The molecule has 2 aromatic rings. The summed E-state index contributed by atoms with van der Waals surface area (Å²) in [5, 5.41) is 16.8. The van der Waals surface area contributed by atoms with E-state index in [4.69, 9.17) is 5.41 Å². The second-order valence-electron chi connectivity index (χ2n) is 5.46. The number of hydrogen-bond acceptors (Lipinski definition) is 4. The molecule has 3 rings (SSSR count). The van der Waals surface area contributed by atoms with Gasteiger partial charge >= 0.3 is 0 Å². The fourth-order valence-corrected chi connectivity index (χ4v) is 4.13. The van der Waals surface area contributed by atoms with Crippen molar-refractivity contribution in [2.75, 3.05) is 0 Å². The Kier molecular flexibility index (Phi) is 4.45. The van der Waals surface area contributed by atoms with Crippen molar-refractivity contribution in [1.82, 2.24) is 0 Å². The molecule has 0 saturated carbocycles. The molecule has 1 aliphatic heterocycles. The van der Waals surface area contributed by atoms with Crippen LogP contribution in [0, 0.1) is 34.3 Å². The van der Waals surface area contributed by atoms with Gasteiger partial charge in [0.15, 0.2) is 5.78 Å². The van der Waals surface area contributed by atoms with Gasteiger partial charge in [0.1, 0.15) is 17.6 Å². The Hall–Kier alpha value is -2.52. The first-order chi connectivity index (χ1) is 11.5. The number of halogens is 2. The summed E-state index contributed by atoms with van der Waals surface area (Å²) >= 11 is 1.04. The number of rotatable bonds is 3. The lowest BCUT2D eigenvalue weighted by Gasteiger charge is -2.19. The van der Waals surface area contributed by atoms with Crippen molar-refractivity contribution >= 4 is 22.6 Å². The first-order valence-electron chi connectivity index (χ1n) is 7.21. The van der Waals surface area contributed by atoms with Crippen LogP contribution in [0.4, 0.5) is 8.78 Å². The number of benzene rings is 2. The molecule has 1 unspecified atom stereocenters. The lowest BCUT2D eigenvalue weighted by atomic mass is 9.82. The highest BCUT2D eigenvalue weighted by atomic mass is 32.2. The fraction of sp³-hybridized carbons (Fsp3) is 0.167. The summed E-state index contributed by atoms with van der Waals surface area (Å²) in [4.78, 5) is 12.8. The number of hydrogen-bond donors (Lipinski definition) is 1. The maximum absolute atomic E-state index is 13.2. The van der Waals surface area contributed by atoms with Gasteiger partial charge in [0.25, 0.3) is 0 Å². The summed E-state index contributed by atoms with van der Waals surface area (Å²) in [5.74, 6) is -2.41. The zero-order valence-electron chi connectivity index (χ0n) is 12.4. The molecule has 0 bridgehead atoms. The maximum atomic E-state index is 13.2. The quantitative estimate of drug-likeness (QED) is 0.852. The van der Waals surface area contributed by atoms with Gasteiger partial charge in [-0.3, -0.25) is 10.2 Å². The minimum absolute atomic E-state index is 0.118. The molecule has 6 heteroatoms. The lowest BCUT2D eigenvalue weighted by molar-refractivity contribution is 0.0980. The van der Waals surface area contributed by atoms with Gasteiger partial charge in [-0.25, -0.2) is 8.78 Å². The van der Waals surface area contributed by atoms with Crippen LogP contribution in [0.25, 0.3) is 0 Å². The molecule has 0 aliphatic carbocycles. The van der Waals surface area contributed by atoms with Crippen LogP contribution in [0.2, 0.25) is 0 Å². The average Bonchev–Trinajstić information content (AvgIpc) is 2.92. The first kappa shape index (κ1) is 16.3. The molecule has 1 heterocycles. The van der Waals surface area contributed by atoms with E-state index >= 15 is 0 Å². The molecule has 0 spiro atoms. The number of nitrogens with one attached hydrogen (secondary N) is 1. The molecule has 120 valence electrons. The second kappa shape index (κ2) is 6.54. The Labute approximate surface area is 141 Å². The summed E-state index contributed by atoms with van der Waals surface area (Å²) in [7, 11) is 0. The van der Waals surface area contributed by atoms with Gasteiger partial charge in [-0.05, 0) is 42.0 Å². The van der Waals surface area contributed by atoms with Crippen LogP contribution in [-0.4, -0.2) is 16.1 Å². The predicted octanol–water partition coefficient (Wildman–Crippen LogP) is 4.16. The van der Waals surface area contributed by atoms with Gasteiger partial charge in [-0.1, -0.05) is 23.9 Å². The SMILES string of the molecule is N#CC1C(=N)S[C@@H](C(=O)c2ccc(F)cc2)[C@@H]1c1ccc(F)cc1. The maximum Gasteiger partial charge on any atom is 0.176 e. The number of carbonyl (C=O) groups excluding carboxylic acids is 1. The van der Waals surface area contributed by atoms with Crippen LogP contribution in [0.3, 0.4) is 0 Å². The molecular formula is C18H12F2N2OS. The molecule has 0 radical (unpaired) electrons. The number of nitriles is 1. The van der Waals surface area contributed by atoms with E-state index in [1.54, 1.807) is 0 Å². The van der Waals surface area contributed by atoms with Gasteiger partial charge in [0.2, 0.25) is 0 Å². The van der Waals surface area contributed by atoms with Crippen LogP contribution in [0.15, 0.2) is 48.5 Å². The van der Waals surface area contributed by atoms with Gasteiger partial charge in [0.05, 0.1) is 16.4 Å². The number of carbonyl (C=O) groups is 1. The van der Waals surface area contributed by atoms with E-state index in [0.29, 0.717) is 11.1 Å². The zero-order chi connectivity index (χ0) is 17.3. The predicted molar refractivity (Wildman–Crippen MR) is 88.1 cm³/mol. The number of nitrogens with zero attached hydrogens (tertiary/aromatic N) is 1. The molecule has 0 amide bonds. The van der Waals surface area contributed by atoms with Gasteiger partial charge < -0.3 is 0 Å². The fourth-order valence-electron chi connectivity index (χ4n) is 2.81. The molecule has 1 aliphatic rings. The normalized spacial score (nSPS) is 23.0. The molecule has 1 saturated heterocycles. The molecule has 3 nitrogen and oxygen atoms in total. The van der Waals surface area contributed by atoms with Crippen LogP contribution >= 0.6 is 11.8 Å². The van der Waals surface area contributed by atoms with Crippen LogP contribution in [0.1, 0.15) is 21.8 Å². The molecule has 2 aromatic carbocycles. The topological polar surface area (TPSA) is 64.7 Å². The molecule has 1 fully saturated rings. The smallest absolute Gasteiger partial charge is 0.176 e. The lowest BCUT2D eigenvalue weighted by Crippen LogP contribution is -2.25. The summed E-state index contributed by atoms with van der Waals surface area (Å²) in [5.41, 5.74) is 0.963. The van der Waals surface area contributed by atoms with E-state index in [2.05, 4.69) is 6.07 Å².